The third-order valence-electron chi connectivity index (χ3n) is 5.48. The number of nitrogens with one attached hydrogen (secondary N) is 2. The third-order valence-corrected chi connectivity index (χ3v) is 5.48. The topological polar surface area (TPSA) is 87.7 Å². The van der Waals surface area contributed by atoms with E-state index < -0.39 is 23.3 Å². The minimum absolute atomic E-state index is 0.0948. The van der Waals surface area contributed by atoms with Crippen molar-refractivity contribution < 1.29 is 23.5 Å². The number of carbonyl (C=O) groups excluding carboxylic acids is 3. The fourth-order valence-corrected chi connectivity index (χ4v) is 3.86. The van der Waals surface area contributed by atoms with Crippen LogP contribution in [0.4, 0.5) is 9.18 Å². The average Bonchev–Trinajstić information content (AvgIpc) is 3.24. The minimum atomic E-state index is -1.50. The van der Waals surface area contributed by atoms with E-state index in [0.717, 1.165) is 18.4 Å². The van der Waals surface area contributed by atoms with Gasteiger partial charge in [-0.25, -0.2) is 9.18 Å². The Kier molecular flexibility index (Phi) is 5.82. The summed E-state index contributed by atoms with van der Waals surface area (Å²) in [5, 5.41) is 4.85. The first kappa shape index (κ1) is 21.4. The van der Waals surface area contributed by atoms with Crippen molar-refractivity contribution >= 4 is 17.8 Å². The van der Waals surface area contributed by atoms with Gasteiger partial charge in [0, 0.05) is 18.5 Å². The first-order chi connectivity index (χ1) is 15.4. The molecule has 0 unspecified atom stereocenters. The molecule has 0 spiro atoms. The van der Waals surface area contributed by atoms with Gasteiger partial charge in [0.05, 0.1) is 6.54 Å². The van der Waals surface area contributed by atoms with Gasteiger partial charge in [0.15, 0.2) is 5.54 Å². The zero-order valence-corrected chi connectivity index (χ0v) is 17.5. The van der Waals surface area contributed by atoms with Crippen molar-refractivity contribution in [1.29, 1.82) is 0 Å². The third kappa shape index (κ3) is 4.02. The van der Waals surface area contributed by atoms with Gasteiger partial charge in [-0.15, -0.1) is 0 Å². The van der Waals surface area contributed by atoms with Crippen LogP contribution in [0.2, 0.25) is 0 Å². The van der Waals surface area contributed by atoms with Gasteiger partial charge < -0.3 is 15.0 Å². The lowest BCUT2D eigenvalue weighted by Gasteiger charge is -2.31. The van der Waals surface area contributed by atoms with E-state index in [0.29, 0.717) is 16.9 Å². The lowest BCUT2D eigenvalue weighted by molar-refractivity contribution is -0.124. The number of rotatable bonds is 6. The van der Waals surface area contributed by atoms with E-state index in [1.807, 2.05) is 6.92 Å². The molecule has 2 heterocycles. The molecule has 7 nitrogen and oxygen atoms in total. The van der Waals surface area contributed by atoms with Crippen LogP contribution < -0.4 is 15.4 Å². The highest BCUT2D eigenvalue weighted by atomic mass is 19.1. The first-order valence-corrected chi connectivity index (χ1v) is 10.3. The summed E-state index contributed by atoms with van der Waals surface area (Å²) in [5.41, 5.74) is 0.151. The molecule has 0 aliphatic carbocycles. The lowest BCUT2D eigenvalue weighted by Crippen LogP contribution is -2.52. The van der Waals surface area contributed by atoms with Gasteiger partial charge in [-0.1, -0.05) is 37.0 Å². The van der Waals surface area contributed by atoms with Crippen molar-refractivity contribution in [2.45, 2.75) is 31.8 Å². The van der Waals surface area contributed by atoms with Crippen LogP contribution in [-0.2, 0) is 16.9 Å². The van der Waals surface area contributed by atoms with Crippen molar-refractivity contribution in [2.24, 2.45) is 0 Å². The summed E-state index contributed by atoms with van der Waals surface area (Å²) < 4.78 is 19.1. The molecule has 1 saturated heterocycles. The fourth-order valence-electron chi connectivity index (χ4n) is 3.86. The SMILES string of the molecule is CCCC#CCOc1ccc2c(c1)C(=O)N(C[C@@]1(c3ccc(F)cc3)NC(=O)NC1=O)C2. The zero-order valence-electron chi connectivity index (χ0n) is 17.5. The van der Waals surface area contributed by atoms with E-state index in [9.17, 15) is 18.8 Å². The second-order valence-corrected chi connectivity index (χ2v) is 7.69. The van der Waals surface area contributed by atoms with Crippen molar-refractivity contribution in [3.05, 3.63) is 65.0 Å². The molecule has 4 amide bonds. The van der Waals surface area contributed by atoms with E-state index in [1.54, 1.807) is 18.2 Å². The summed E-state index contributed by atoms with van der Waals surface area (Å²) in [6, 6.07) is 9.86. The van der Waals surface area contributed by atoms with Gasteiger partial charge >= 0.3 is 6.03 Å². The van der Waals surface area contributed by atoms with Gasteiger partial charge in [0.1, 0.15) is 18.2 Å². The number of halogens is 1. The first-order valence-electron chi connectivity index (χ1n) is 10.3. The fraction of sp³-hybridized carbons (Fsp3) is 0.292. The molecule has 164 valence electrons. The second kappa shape index (κ2) is 8.71. The van der Waals surface area contributed by atoms with Crippen LogP contribution in [0.3, 0.4) is 0 Å². The number of nitrogens with zero attached hydrogens (tertiary/aromatic N) is 1. The van der Waals surface area contributed by atoms with E-state index in [4.69, 9.17) is 4.74 Å². The van der Waals surface area contributed by atoms with E-state index in [-0.39, 0.29) is 25.6 Å². The summed E-state index contributed by atoms with van der Waals surface area (Å²) in [6.07, 6.45) is 1.79. The Morgan fingerprint density at radius 1 is 1.12 bits per heavy atom. The molecule has 32 heavy (non-hydrogen) atoms. The zero-order chi connectivity index (χ0) is 22.7. The maximum absolute atomic E-state index is 13.4. The quantitative estimate of drug-likeness (QED) is 0.540. The number of imide groups is 1. The molecule has 2 aromatic rings. The van der Waals surface area contributed by atoms with Crippen molar-refractivity contribution in [2.75, 3.05) is 13.2 Å². The van der Waals surface area contributed by atoms with Crippen LogP contribution in [0.5, 0.6) is 5.75 Å². The highest BCUT2D eigenvalue weighted by Gasteiger charge is 2.50. The number of carbonyl (C=O) groups is 3. The van der Waals surface area contributed by atoms with Crippen molar-refractivity contribution in [3.63, 3.8) is 0 Å². The number of benzene rings is 2. The smallest absolute Gasteiger partial charge is 0.322 e. The van der Waals surface area contributed by atoms with Gasteiger partial charge in [-0.05, 0) is 41.8 Å². The van der Waals surface area contributed by atoms with Crippen LogP contribution in [0.25, 0.3) is 0 Å². The number of urea groups is 1. The highest BCUT2D eigenvalue weighted by molar-refractivity contribution is 6.08. The monoisotopic (exact) mass is 435 g/mol. The van der Waals surface area contributed by atoms with Crippen molar-refractivity contribution in [1.82, 2.24) is 15.5 Å². The molecular weight excluding hydrogens is 413 g/mol. The number of hydrogen-bond acceptors (Lipinski definition) is 4. The molecule has 1 atom stereocenters. The van der Waals surface area contributed by atoms with Crippen LogP contribution in [-0.4, -0.2) is 35.9 Å². The Morgan fingerprint density at radius 2 is 1.91 bits per heavy atom. The van der Waals surface area contributed by atoms with Gasteiger partial charge in [-0.3, -0.25) is 14.9 Å². The summed E-state index contributed by atoms with van der Waals surface area (Å²) >= 11 is 0. The van der Waals surface area contributed by atoms with Crippen LogP contribution >= 0.6 is 0 Å². The number of ether oxygens (including phenoxy) is 1. The Morgan fingerprint density at radius 3 is 2.59 bits per heavy atom. The van der Waals surface area contributed by atoms with Gasteiger partial charge in [-0.2, -0.15) is 0 Å². The summed E-state index contributed by atoms with van der Waals surface area (Å²) in [6.45, 7) is 2.46. The molecule has 0 radical (unpaired) electrons. The molecule has 2 aromatic carbocycles. The molecule has 8 heteroatoms. The number of amides is 4. The Balaban J connectivity index is 1.55. The summed E-state index contributed by atoms with van der Waals surface area (Å²) in [7, 11) is 0. The predicted octanol–water partition coefficient (Wildman–Crippen LogP) is 2.70. The van der Waals surface area contributed by atoms with Gasteiger partial charge in [0.2, 0.25) is 0 Å². The molecule has 1 fully saturated rings. The molecule has 0 bridgehead atoms. The number of fused-ring (bicyclic) bond motifs is 1. The number of hydrogen-bond donors (Lipinski definition) is 2. The van der Waals surface area contributed by atoms with E-state index in [1.165, 1.54) is 29.2 Å². The maximum atomic E-state index is 13.4. The minimum Gasteiger partial charge on any atom is -0.481 e. The van der Waals surface area contributed by atoms with E-state index in [2.05, 4.69) is 22.5 Å². The highest BCUT2D eigenvalue weighted by Crippen LogP contribution is 2.32. The van der Waals surface area contributed by atoms with E-state index >= 15 is 0 Å². The van der Waals surface area contributed by atoms with Crippen molar-refractivity contribution in [3.8, 4) is 17.6 Å². The van der Waals surface area contributed by atoms with Gasteiger partial charge in [0.25, 0.3) is 11.8 Å². The molecule has 0 aromatic heterocycles. The summed E-state index contributed by atoms with van der Waals surface area (Å²) in [5.74, 6) is 5.12. The Bertz CT molecular complexity index is 1140. The molecular formula is C24H22FN3O4. The predicted molar refractivity (Wildman–Crippen MR) is 114 cm³/mol. The lowest BCUT2D eigenvalue weighted by atomic mass is 9.89. The molecule has 2 aliphatic heterocycles. The largest absolute Gasteiger partial charge is 0.481 e. The second-order valence-electron chi connectivity index (χ2n) is 7.69. The Hall–Kier alpha value is -3.86. The standard InChI is InChI=1S/C24H22FN3O4/c1-2-3-4-5-12-32-19-11-6-16-14-28(21(29)20(16)13-19)15-24(22(30)26-23(31)27-24)17-7-9-18(25)10-8-17/h6-11,13H,2-3,12,14-15H2,1H3,(H2,26,27,30,31)/t24-/m0/s1. The van der Waals surface area contributed by atoms with Crippen LogP contribution in [0, 0.1) is 17.7 Å². The average molecular weight is 435 g/mol. The Labute approximate surface area is 184 Å². The number of unbranched alkanes of at least 4 members (excludes halogenated alkanes) is 1. The van der Waals surface area contributed by atoms with Crippen LogP contribution in [0.15, 0.2) is 42.5 Å². The van der Waals surface area contributed by atoms with Crippen LogP contribution in [0.1, 0.15) is 41.3 Å². The molecule has 2 aliphatic rings. The maximum Gasteiger partial charge on any atom is 0.322 e. The molecule has 4 rings (SSSR count). The molecule has 2 N–H and O–H groups in total. The normalized spacial score (nSPS) is 19.2. The molecule has 0 saturated carbocycles. The summed E-state index contributed by atoms with van der Waals surface area (Å²) in [4.78, 5) is 39.3.